The molecule has 1 saturated heterocycles. The van der Waals surface area contributed by atoms with Gasteiger partial charge in [0.15, 0.2) is 0 Å². The molecule has 0 aromatic carbocycles. The van der Waals surface area contributed by atoms with Crippen LogP contribution >= 0.6 is 0 Å². The Hall–Kier alpha value is -1.10. The van der Waals surface area contributed by atoms with Crippen molar-refractivity contribution in [3.63, 3.8) is 0 Å². The van der Waals surface area contributed by atoms with E-state index >= 15 is 0 Å². The van der Waals surface area contributed by atoms with Crippen LogP contribution in [0.2, 0.25) is 0 Å². The summed E-state index contributed by atoms with van der Waals surface area (Å²) in [6.45, 7) is 5.86. The van der Waals surface area contributed by atoms with Gasteiger partial charge < -0.3 is 16.0 Å². The molecule has 0 bridgehead atoms. The van der Waals surface area contributed by atoms with Crippen molar-refractivity contribution in [3.05, 3.63) is 0 Å². The first-order valence-corrected chi connectivity index (χ1v) is 6.77. The third-order valence-electron chi connectivity index (χ3n) is 3.30. The molecule has 1 aliphatic rings. The number of rotatable bonds is 5. The molecule has 3 N–H and O–H groups in total. The molecular formula is C13H25N3O2. The highest BCUT2D eigenvalue weighted by Crippen LogP contribution is 2.13. The molecule has 1 fully saturated rings. The maximum Gasteiger partial charge on any atom is 0.242 e. The van der Waals surface area contributed by atoms with E-state index in [4.69, 9.17) is 0 Å². The summed E-state index contributed by atoms with van der Waals surface area (Å²) < 4.78 is 0. The van der Waals surface area contributed by atoms with Crippen molar-refractivity contribution in [1.29, 1.82) is 0 Å². The molecule has 0 spiro atoms. The van der Waals surface area contributed by atoms with E-state index in [0.29, 0.717) is 12.3 Å². The van der Waals surface area contributed by atoms with Gasteiger partial charge >= 0.3 is 0 Å². The second-order valence-corrected chi connectivity index (χ2v) is 5.33. The Morgan fingerprint density at radius 3 is 2.39 bits per heavy atom. The first kappa shape index (κ1) is 15.0. The topological polar surface area (TPSA) is 70.2 Å². The van der Waals surface area contributed by atoms with E-state index in [1.54, 1.807) is 7.05 Å². The number of piperidine rings is 1. The summed E-state index contributed by atoms with van der Waals surface area (Å²) in [6, 6.07) is -0.405. The molecule has 1 aliphatic heterocycles. The van der Waals surface area contributed by atoms with Crippen LogP contribution in [-0.4, -0.2) is 38.0 Å². The van der Waals surface area contributed by atoms with Crippen LogP contribution in [0.5, 0.6) is 0 Å². The Kier molecular flexibility index (Phi) is 6.12. The van der Waals surface area contributed by atoms with Gasteiger partial charge in [-0.3, -0.25) is 9.59 Å². The number of amides is 2. The number of nitrogens with one attached hydrogen (secondary N) is 3. The summed E-state index contributed by atoms with van der Waals surface area (Å²) in [5.74, 6) is 0.336. The van der Waals surface area contributed by atoms with Gasteiger partial charge in [-0.05, 0) is 38.3 Å². The third-order valence-corrected chi connectivity index (χ3v) is 3.30. The van der Waals surface area contributed by atoms with Gasteiger partial charge in [0.25, 0.3) is 0 Å². The Labute approximate surface area is 109 Å². The van der Waals surface area contributed by atoms with Gasteiger partial charge in [-0.25, -0.2) is 0 Å². The van der Waals surface area contributed by atoms with E-state index in [-0.39, 0.29) is 17.7 Å². The molecule has 1 rings (SSSR count). The summed E-state index contributed by atoms with van der Waals surface area (Å²) in [7, 11) is 1.60. The smallest absolute Gasteiger partial charge is 0.242 e. The van der Waals surface area contributed by atoms with E-state index in [1.807, 2.05) is 13.8 Å². The van der Waals surface area contributed by atoms with Crippen molar-refractivity contribution >= 4 is 11.8 Å². The number of carbonyl (C=O) groups is 2. The van der Waals surface area contributed by atoms with Crippen LogP contribution in [0, 0.1) is 11.8 Å². The highest BCUT2D eigenvalue weighted by atomic mass is 16.2. The fraction of sp³-hybridized carbons (Fsp3) is 0.846. The second-order valence-electron chi connectivity index (χ2n) is 5.33. The zero-order valence-electron chi connectivity index (χ0n) is 11.6. The number of carbonyl (C=O) groups excluding carboxylic acids is 2. The molecule has 5 heteroatoms. The number of hydrogen-bond acceptors (Lipinski definition) is 3. The lowest BCUT2D eigenvalue weighted by atomic mass is 9.96. The first-order chi connectivity index (χ1) is 8.54. The summed E-state index contributed by atoms with van der Waals surface area (Å²) in [5.41, 5.74) is 0. The Bertz CT molecular complexity index is 286. The fourth-order valence-electron chi connectivity index (χ4n) is 2.25. The number of likely N-dealkylation sites (N-methyl/N-ethyl adjacent to an activating group) is 1. The predicted molar refractivity (Wildman–Crippen MR) is 71.0 cm³/mol. The summed E-state index contributed by atoms with van der Waals surface area (Å²) in [6.07, 6.45) is 2.39. The molecule has 18 heavy (non-hydrogen) atoms. The average Bonchev–Trinajstić information content (AvgIpc) is 2.37. The number of hydrogen-bond donors (Lipinski definition) is 3. The monoisotopic (exact) mass is 255 g/mol. The van der Waals surface area contributed by atoms with Crippen molar-refractivity contribution in [2.24, 2.45) is 11.8 Å². The lowest BCUT2D eigenvalue weighted by Gasteiger charge is -2.25. The van der Waals surface area contributed by atoms with E-state index in [1.165, 1.54) is 0 Å². The van der Waals surface area contributed by atoms with Crippen LogP contribution in [0.3, 0.4) is 0 Å². The highest BCUT2D eigenvalue weighted by molar-refractivity contribution is 5.88. The van der Waals surface area contributed by atoms with Crippen molar-refractivity contribution in [1.82, 2.24) is 16.0 Å². The second kappa shape index (κ2) is 7.36. The minimum atomic E-state index is -0.405. The third kappa shape index (κ3) is 4.64. The lowest BCUT2D eigenvalue weighted by molar-refractivity contribution is -0.131. The molecule has 1 heterocycles. The van der Waals surface area contributed by atoms with Gasteiger partial charge in [-0.2, -0.15) is 0 Å². The molecule has 5 nitrogen and oxygen atoms in total. The first-order valence-electron chi connectivity index (χ1n) is 6.77. The quantitative estimate of drug-likeness (QED) is 0.660. The van der Waals surface area contributed by atoms with Gasteiger partial charge in [0, 0.05) is 13.0 Å². The van der Waals surface area contributed by atoms with Crippen LogP contribution < -0.4 is 16.0 Å². The summed E-state index contributed by atoms with van der Waals surface area (Å²) in [5, 5.41) is 8.73. The standard InChI is InChI=1S/C13H25N3O2/c1-9(2)8-11(13(18)14-3)16-12(17)10-4-6-15-7-5-10/h9-11,15H,4-8H2,1-3H3,(H,14,18)(H,16,17). The van der Waals surface area contributed by atoms with Gasteiger partial charge in [-0.1, -0.05) is 13.8 Å². The highest BCUT2D eigenvalue weighted by Gasteiger charge is 2.26. The van der Waals surface area contributed by atoms with Crippen molar-refractivity contribution in [2.45, 2.75) is 39.2 Å². The molecule has 104 valence electrons. The van der Waals surface area contributed by atoms with E-state index in [9.17, 15) is 9.59 Å². The molecule has 0 aromatic rings. The zero-order valence-corrected chi connectivity index (χ0v) is 11.6. The van der Waals surface area contributed by atoms with Crippen molar-refractivity contribution < 1.29 is 9.59 Å². The van der Waals surface area contributed by atoms with Crippen LogP contribution in [0.25, 0.3) is 0 Å². The van der Waals surface area contributed by atoms with E-state index in [0.717, 1.165) is 25.9 Å². The summed E-state index contributed by atoms with van der Waals surface area (Å²) >= 11 is 0. The molecule has 1 unspecified atom stereocenters. The predicted octanol–water partition coefficient (Wildman–Crippen LogP) is 0.263. The maximum atomic E-state index is 12.1. The average molecular weight is 255 g/mol. The SMILES string of the molecule is CNC(=O)C(CC(C)C)NC(=O)C1CCNCC1. The van der Waals surface area contributed by atoms with Crippen LogP contribution in [0.15, 0.2) is 0 Å². The van der Waals surface area contributed by atoms with Crippen molar-refractivity contribution in [3.8, 4) is 0 Å². The molecular weight excluding hydrogens is 230 g/mol. The van der Waals surface area contributed by atoms with Gasteiger partial charge in [0.05, 0.1) is 0 Å². The molecule has 1 atom stereocenters. The van der Waals surface area contributed by atoms with E-state index in [2.05, 4.69) is 16.0 Å². The minimum absolute atomic E-state index is 0.0192. The largest absolute Gasteiger partial charge is 0.357 e. The summed E-state index contributed by atoms with van der Waals surface area (Å²) in [4.78, 5) is 23.8. The molecule has 2 amide bonds. The van der Waals surface area contributed by atoms with Gasteiger partial charge in [0.2, 0.25) is 11.8 Å². The Balaban J connectivity index is 2.52. The van der Waals surface area contributed by atoms with Crippen LogP contribution in [-0.2, 0) is 9.59 Å². The maximum absolute atomic E-state index is 12.1. The van der Waals surface area contributed by atoms with Gasteiger partial charge in [-0.15, -0.1) is 0 Å². The van der Waals surface area contributed by atoms with Crippen LogP contribution in [0.1, 0.15) is 33.1 Å². The van der Waals surface area contributed by atoms with Crippen LogP contribution in [0.4, 0.5) is 0 Å². The minimum Gasteiger partial charge on any atom is -0.357 e. The zero-order chi connectivity index (χ0) is 13.5. The lowest BCUT2D eigenvalue weighted by Crippen LogP contribution is -2.49. The van der Waals surface area contributed by atoms with Gasteiger partial charge in [0.1, 0.15) is 6.04 Å². The Morgan fingerprint density at radius 1 is 1.28 bits per heavy atom. The normalized spacial score (nSPS) is 18.4. The fourth-order valence-corrected chi connectivity index (χ4v) is 2.25. The molecule has 0 radical (unpaired) electrons. The molecule has 0 saturated carbocycles. The molecule has 0 aliphatic carbocycles. The van der Waals surface area contributed by atoms with Crippen molar-refractivity contribution in [2.75, 3.05) is 20.1 Å². The van der Waals surface area contributed by atoms with E-state index < -0.39 is 6.04 Å². The Morgan fingerprint density at radius 2 is 1.89 bits per heavy atom. The molecule has 0 aromatic heterocycles.